The molecule has 2 heterocycles. The van der Waals surface area contributed by atoms with Crippen molar-refractivity contribution < 1.29 is 18.0 Å². The summed E-state index contributed by atoms with van der Waals surface area (Å²) in [4.78, 5) is 23.8. The summed E-state index contributed by atoms with van der Waals surface area (Å²) < 4.78 is 25.6. The third kappa shape index (κ3) is 6.37. The van der Waals surface area contributed by atoms with Gasteiger partial charge in [-0.05, 0) is 37.1 Å². The molecule has 2 rings (SSSR count). The normalized spacial score (nSPS) is 16.3. The number of piperidine rings is 1. The molecule has 0 unspecified atom stereocenters. The predicted octanol–water partition coefficient (Wildman–Crippen LogP) is 1.58. The molecule has 1 aliphatic rings. The van der Waals surface area contributed by atoms with Gasteiger partial charge in [0.15, 0.2) is 0 Å². The number of sulfonamides is 1. The number of thiophene rings is 1. The predicted molar refractivity (Wildman–Crippen MR) is 103 cm³/mol. The summed E-state index contributed by atoms with van der Waals surface area (Å²) in [6.07, 6.45) is 2.82. The largest absolute Gasteiger partial charge is 0.353 e. The quantitative estimate of drug-likeness (QED) is 0.614. The van der Waals surface area contributed by atoms with Crippen LogP contribution in [0.15, 0.2) is 16.8 Å². The van der Waals surface area contributed by atoms with E-state index in [4.69, 9.17) is 0 Å². The summed E-state index contributed by atoms with van der Waals surface area (Å²) in [5.74, 6) is 0.0122. The first-order valence-electron chi connectivity index (χ1n) is 9.00. The van der Waals surface area contributed by atoms with Crippen molar-refractivity contribution in [2.45, 2.75) is 45.1 Å². The molecule has 0 atom stereocenters. The molecule has 2 amide bonds. The van der Waals surface area contributed by atoms with Crippen molar-refractivity contribution in [2.75, 3.05) is 25.4 Å². The molecule has 146 valence electrons. The second-order valence-electron chi connectivity index (χ2n) is 6.43. The number of carbonyl (C=O) groups excluding carboxylic acids is 2. The first kappa shape index (κ1) is 20.9. The lowest BCUT2D eigenvalue weighted by molar-refractivity contribution is -0.122. The molecule has 0 bridgehead atoms. The second kappa shape index (κ2) is 10.0. The SMILES string of the molecule is CCCS(=O)(=O)N1CCC(NC(=O)CCCNC(=O)c2ccsc2)CC1. The van der Waals surface area contributed by atoms with Crippen LogP contribution in [0.25, 0.3) is 0 Å². The van der Waals surface area contributed by atoms with Crippen molar-refractivity contribution in [2.24, 2.45) is 0 Å². The average Bonchev–Trinajstić information content (AvgIpc) is 3.14. The monoisotopic (exact) mass is 401 g/mol. The molecule has 1 aromatic heterocycles. The molecule has 0 saturated carbocycles. The van der Waals surface area contributed by atoms with E-state index in [0.717, 1.165) is 0 Å². The molecule has 0 aromatic carbocycles. The fourth-order valence-corrected chi connectivity index (χ4v) is 5.09. The fraction of sp³-hybridized carbons (Fsp3) is 0.647. The Morgan fingerprint density at radius 3 is 2.65 bits per heavy atom. The third-order valence-electron chi connectivity index (χ3n) is 4.32. The Hall–Kier alpha value is -1.45. The van der Waals surface area contributed by atoms with Crippen LogP contribution < -0.4 is 10.6 Å². The summed E-state index contributed by atoms with van der Waals surface area (Å²) >= 11 is 1.47. The molecule has 1 aromatic rings. The van der Waals surface area contributed by atoms with E-state index in [1.54, 1.807) is 11.4 Å². The minimum atomic E-state index is -3.15. The zero-order valence-corrected chi connectivity index (χ0v) is 16.7. The van der Waals surface area contributed by atoms with Gasteiger partial charge in [0.25, 0.3) is 5.91 Å². The van der Waals surface area contributed by atoms with E-state index in [-0.39, 0.29) is 23.6 Å². The minimum Gasteiger partial charge on any atom is -0.353 e. The van der Waals surface area contributed by atoms with Gasteiger partial charge in [-0.25, -0.2) is 12.7 Å². The summed E-state index contributed by atoms with van der Waals surface area (Å²) in [7, 11) is -3.15. The highest BCUT2D eigenvalue weighted by Gasteiger charge is 2.27. The molecule has 26 heavy (non-hydrogen) atoms. The van der Waals surface area contributed by atoms with Gasteiger partial charge >= 0.3 is 0 Å². The maximum absolute atomic E-state index is 12.0. The van der Waals surface area contributed by atoms with E-state index in [1.165, 1.54) is 15.6 Å². The first-order chi connectivity index (χ1) is 12.4. The maximum Gasteiger partial charge on any atom is 0.252 e. The lowest BCUT2D eigenvalue weighted by Crippen LogP contribution is -2.47. The summed E-state index contributed by atoms with van der Waals surface area (Å²) in [6.45, 7) is 3.23. The van der Waals surface area contributed by atoms with Crippen molar-refractivity contribution in [3.63, 3.8) is 0 Å². The van der Waals surface area contributed by atoms with Gasteiger partial charge in [-0.2, -0.15) is 11.3 Å². The van der Waals surface area contributed by atoms with E-state index < -0.39 is 10.0 Å². The molecular weight excluding hydrogens is 374 g/mol. The smallest absolute Gasteiger partial charge is 0.252 e. The molecule has 0 aliphatic carbocycles. The minimum absolute atomic E-state index is 0.0241. The van der Waals surface area contributed by atoms with Crippen LogP contribution in [0.4, 0.5) is 0 Å². The number of nitrogens with zero attached hydrogens (tertiary/aromatic N) is 1. The van der Waals surface area contributed by atoms with Crippen molar-refractivity contribution in [3.05, 3.63) is 22.4 Å². The number of nitrogens with one attached hydrogen (secondary N) is 2. The highest BCUT2D eigenvalue weighted by molar-refractivity contribution is 7.89. The average molecular weight is 402 g/mol. The topological polar surface area (TPSA) is 95.6 Å². The highest BCUT2D eigenvalue weighted by Crippen LogP contribution is 2.15. The number of hydrogen-bond acceptors (Lipinski definition) is 5. The summed E-state index contributed by atoms with van der Waals surface area (Å²) in [5, 5.41) is 9.40. The molecule has 7 nitrogen and oxygen atoms in total. The number of hydrogen-bond donors (Lipinski definition) is 2. The molecular formula is C17H27N3O4S2. The summed E-state index contributed by atoms with van der Waals surface area (Å²) in [5.41, 5.74) is 0.643. The Labute approximate surface area is 159 Å². The van der Waals surface area contributed by atoms with Gasteiger partial charge in [-0.3, -0.25) is 9.59 Å². The lowest BCUT2D eigenvalue weighted by atomic mass is 10.1. The molecule has 1 aliphatic heterocycles. The van der Waals surface area contributed by atoms with Gasteiger partial charge < -0.3 is 10.6 Å². The zero-order valence-electron chi connectivity index (χ0n) is 15.1. The van der Waals surface area contributed by atoms with E-state index in [0.29, 0.717) is 57.3 Å². The van der Waals surface area contributed by atoms with Gasteiger partial charge in [-0.1, -0.05) is 6.92 Å². The van der Waals surface area contributed by atoms with Gasteiger partial charge in [0.1, 0.15) is 0 Å². The van der Waals surface area contributed by atoms with E-state index in [1.807, 2.05) is 12.3 Å². The van der Waals surface area contributed by atoms with E-state index in [9.17, 15) is 18.0 Å². The highest BCUT2D eigenvalue weighted by atomic mass is 32.2. The van der Waals surface area contributed by atoms with E-state index >= 15 is 0 Å². The van der Waals surface area contributed by atoms with Crippen LogP contribution in [0.3, 0.4) is 0 Å². The fourth-order valence-electron chi connectivity index (χ4n) is 2.91. The molecule has 0 spiro atoms. The van der Waals surface area contributed by atoms with Crippen LogP contribution in [0.5, 0.6) is 0 Å². The van der Waals surface area contributed by atoms with Gasteiger partial charge in [0.05, 0.1) is 5.75 Å². The lowest BCUT2D eigenvalue weighted by Gasteiger charge is -2.31. The second-order valence-corrected chi connectivity index (χ2v) is 9.30. The molecule has 9 heteroatoms. The van der Waals surface area contributed by atoms with Crippen molar-refractivity contribution >= 4 is 33.2 Å². The van der Waals surface area contributed by atoms with Crippen LogP contribution in [-0.2, 0) is 14.8 Å². The number of rotatable bonds is 9. The van der Waals surface area contributed by atoms with Crippen molar-refractivity contribution in [3.8, 4) is 0 Å². The molecule has 0 radical (unpaired) electrons. The van der Waals surface area contributed by atoms with Crippen LogP contribution in [0, 0.1) is 0 Å². The Morgan fingerprint density at radius 1 is 1.31 bits per heavy atom. The first-order valence-corrected chi connectivity index (χ1v) is 11.5. The van der Waals surface area contributed by atoms with Crippen molar-refractivity contribution in [1.29, 1.82) is 0 Å². The Balaban J connectivity index is 1.61. The number of carbonyl (C=O) groups is 2. The Kier molecular flexibility index (Phi) is 8.05. The standard InChI is InChI=1S/C17H27N3O4S2/c1-2-12-26(23,24)20-9-5-15(6-10-20)19-16(21)4-3-8-18-17(22)14-7-11-25-13-14/h7,11,13,15H,2-6,8-10,12H2,1H3,(H,18,22)(H,19,21). The van der Waals surface area contributed by atoms with Crippen molar-refractivity contribution in [1.82, 2.24) is 14.9 Å². The molecule has 2 N–H and O–H groups in total. The molecule has 1 saturated heterocycles. The number of amides is 2. The third-order valence-corrected chi connectivity index (χ3v) is 7.08. The van der Waals surface area contributed by atoms with Crippen LogP contribution in [-0.4, -0.2) is 56.0 Å². The van der Waals surface area contributed by atoms with Crippen LogP contribution in [0.2, 0.25) is 0 Å². The van der Waals surface area contributed by atoms with Crippen LogP contribution >= 0.6 is 11.3 Å². The van der Waals surface area contributed by atoms with Crippen LogP contribution in [0.1, 0.15) is 49.4 Å². The maximum atomic E-state index is 12.0. The summed E-state index contributed by atoms with van der Waals surface area (Å²) in [6, 6.07) is 1.79. The van der Waals surface area contributed by atoms with E-state index in [2.05, 4.69) is 10.6 Å². The zero-order chi connectivity index (χ0) is 19.0. The Morgan fingerprint density at radius 2 is 2.04 bits per heavy atom. The van der Waals surface area contributed by atoms with Gasteiger partial charge in [0, 0.05) is 43.0 Å². The van der Waals surface area contributed by atoms with Gasteiger partial charge in [-0.15, -0.1) is 0 Å². The Bertz CT molecular complexity index is 681. The molecule has 1 fully saturated rings. The van der Waals surface area contributed by atoms with Gasteiger partial charge in [0.2, 0.25) is 15.9 Å².